The van der Waals surface area contributed by atoms with Crippen molar-refractivity contribution in [3.05, 3.63) is 71.3 Å². The Morgan fingerprint density at radius 1 is 1.04 bits per heavy atom. The second-order valence-corrected chi connectivity index (χ2v) is 7.69. The van der Waals surface area contributed by atoms with E-state index in [1.54, 1.807) is 4.90 Å². The van der Waals surface area contributed by atoms with Gasteiger partial charge in [-0.25, -0.2) is 8.78 Å². The number of piperidine rings is 1. The first-order chi connectivity index (χ1) is 13.4. The lowest BCUT2D eigenvalue weighted by molar-refractivity contribution is -0.148. The smallest absolute Gasteiger partial charge is 0.314 e. The van der Waals surface area contributed by atoms with Gasteiger partial charge in [-0.1, -0.05) is 30.3 Å². The number of carboxylic acid groups (broad SMARTS) is 1. The molecule has 1 aliphatic heterocycles. The first-order valence-corrected chi connectivity index (χ1v) is 9.45. The van der Waals surface area contributed by atoms with E-state index in [-0.39, 0.29) is 23.3 Å². The number of hydrogen-bond donors (Lipinski definition) is 1. The molecule has 4 rings (SSSR count). The fourth-order valence-electron chi connectivity index (χ4n) is 4.34. The molecule has 0 bridgehead atoms. The van der Waals surface area contributed by atoms with Crippen molar-refractivity contribution >= 4 is 11.9 Å². The number of likely N-dealkylation sites (tertiary alicyclic amines) is 1. The van der Waals surface area contributed by atoms with Gasteiger partial charge in [0.2, 0.25) is 5.91 Å². The van der Waals surface area contributed by atoms with E-state index in [9.17, 15) is 23.5 Å². The minimum atomic E-state index is -0.990. The van der Waals surface area contributed by atoms with Crippen LogP contribution >= 0.6 is 0 Å². The molecule has 0 aromatic heterocycles. The highest BCUT2D eigenvalue weighted by atomic mass is 19.1. The molecule has 0 radical (unpaired) electrons. The molecule has 1 amide bonds. The molecular formula is C22H21F2NO3. The molecule has 0 unspecified atom stereocenters. The SMILES string of the molecule is O=C([C@@H]1C[C@@H]1c1cc(F)ccc1F)N1CCC(C(=O)O)(c2ccccc2)CC1. The van der Waals surface area contributed by atoms with Crippen molar-refractivity contribution in [2.45, 2.75) is 30.6 Å². The van der Waals surface area contributed by atoms with Gasteiger partial charge < -0.3 is 10.0 Å². The molecule has 1 aliphatic carbocycles. The zero-order chi connectivity index (χ0) is 19.9. The van der Waals surface area contributed by atoms with Crippen molar-refractivity contribution in [3.63, 3.8) is 0 Å². The Hall–Kier alpha value is -2.76. The molecule has 28 heavy (non-hydrogen) atoms. The van der Waals surface area contributed by atoms with Gasteiger partial charge in [-0.3, -0.25) is 9.59 Å². The number of carboxylic acids is 1. The van der Waals surface area contributed by atoms with Gasteiger partial charge in [-0.05, 0) is 54.5 Å². The van der Waals surface area contributed by atoms with Crippen LogP contribution in [0.15, 0.2) is 48.5 Å². The normalized spacial score (nSPS) is 23.3. The molecule has 146 valence electrons. The summed E-state index contributed by atoms with van der Waals surface area (Å²) in [5.41, 5.74) is 0.00982. The summed E-state index contributed by atoms with van der Waals surface area (Å²) < 4.78 is 27.4. The van der Waals surface area contributed by atoms with Crippen LogP contribution in [0.2, 0.25) is 0 Å². The number of benzene rings is 2. The number of aliphatic carboxylic acids is 1. The third-order valence-electron chi connectivity index (χ3n) is 6.13. The van der Waals surface area contributed by atoms with Gasteiger partial charge in [0.15, 0.2) is 0 Å². The monoisotopic (exact) mass is 385 g/mol. The van der Waals surface area contributed by atoms with E-state index >= 15 is 0 Å². The zero-order valence-electron chi connectivity index (χ0n) is 15.3. The highest BCUT2D eigenvalue weighted by Crippen LogP contribution is 2.50. The Labute approximate surface area is 161 Å². The van der Waals surface area contributed by atoms with E-state index in [0.29, 0.717) is 32.4 Å². The van der Waals surface area contributed by atoms with Gasteiger partial charge in [0.25, 0.3) is 0 Å². The summed E-state index contributed by atoms with van der Waals surface area (Å²) in [5.74, 6) is -2.64. The van der Waals surface area contributed by atoms with Gasteiger partial charge in [-0.15, -0.1) is 0 Å². The van der Waals surface area contributed by atoms with Crippen molar-refractivity contribution in [2.24, 2.45) is 5.92 Å². The van der Waals surface area contributed by atoms with E-state index < -0.39 is 23.0 Å². The van der Waals surface area contributed by atoms with Crippen molar-refractivity contribution in [1.29, 1.82) is 0 Å². The van der Waals surface area contributed by atoms with Crippen molar-refractivity contribution < 1.29 is 23.5 Å². The minimum absolute atomic E-state index is 0.0966. The molecule has 1 heterocycles. The molecule has 1 saturated heterocycles. The summed E-state index contributed by atoms with van der Waals surface area (Å²) in [6.45, 7) is 0.684. The van der Waals surface area contributed by atoms with E-state index in [4.69, 9.17) is 0 Å². The summed E-state index contributed by atoms with van der Waals surface area (Å²) >= 11 is 0. The summed E-state index contributed by atoms with van der Waals surface area (Å²) in [4.78, 5) is 26.5. The molecule has 4 nitrogen and oxygen atoms in total. The second kappa shape index (κ2) is 7.00. The molecule has 1 N–H and O–H groups in total. The maximum absolute atomic E-state index is 14.0. The van der Waals surface area contributed by atoms with E-state index in [2.05, 4.69) is 0 Å². The summed E-state index contributed by atoms with van der Waals surface area (Å²) in [6, 6.07) is 12.4. The zero-order valence-corrected chi connectivity index (χ0v) is 15.3. The van der Waals surface area contributed by atoms with E-state index in [1.165, 1.54) is 0 Å². The molecule has 0 spiro atoms. The highest BCUT2D eigenvalue weighted by Gasteiger charge is 2.50. The fraction of sp³-hybridized carbons (Fsp3) is 0.364. The molecule has 2 aromatic carbocycles. The first kappa shape index (κ1) is 18.6. The number of amides is 1. The molecule has 2 fully saturated rings. The molecule has 1 saturated carbocycles. The first-order valence-electron chi connectivity index (χ1n) is 9.45. The lowest BCUT2D eigenvalue weighted by Gasteiger charge is -2.39. The third-order valence-corrected chi connectivity index (χ3v) is 6.13. The van der Waals surface area contributed by atoms with Gasteiger partial charge in [0.1, 0.15) is 11.6 Å². The standard InChI is InChI=1S/C22H21F2NO3/c23-15-6-7-19(24)17(12-15)16-13-18(16)20(26)25-10-8-22(9-11-25,21(27)28)14-4-2-1-3-5-14/h1-7,12,16,18H,8-11,13H2,(H,27,28)/t16-,18-/m1/s1. The maximum Gasteiger partial charge on any atom is 0.314 e. The topological polar surface area (TPSA) is 57.6 Å². The predicted octanol–water partition coefficient (Wildman–Crippen LogP) is 3.71. The summed E-state index contributed by atoms with van der Waals surface area (Å²) in [6.07, 6.45) is 1.17. The number of halogens is 2. The number of hydrogen-bond acceptors (Lipinski definition) is 2. The fourth-order valence-corrected chi connectivity index (χ4v) is 4.34. The quantitative estimate of drug-likeness (QED) is 0.873. The van der Waals surface area contributed by atoms with Crippen LogP contribution < -0.4 is 0 Å². The Balaban J connectivity index is 1.45. The molecular weight excluding hydrogens is 364 g/mol. The van der Waals surface area contributed by atoms with Gasteiger partial charge in [0, 0.05) is 19.0 Å². The molecule has 2 aliphatic rings. The molecule has 2 atom stereocenters. The Morgan fingerprint density at radius 2 is 1.71 bits per heavy atom. The van der Waals surface area contributed by atoms with Crippen LogP contribution in [0.3, 0.4) is 0 Å². The van der Waals surface area contributed by atoms with Crippen LogP contribution in [0.4, 0.5) is 8.78 Å². The number of nitrogens with zero attached hydrogens (tertiary/aromatic N) is 1. The third kappa shape index (κ3) is 3.17. The summed E-state index contributed by atoms with van der Waals surface area (Å²) in [5, 5.41) is 9.86. The number of rotatable bonds is 4. The van der Waals surface area contributed by atoms with Gasteiger partial charge in [-0.2, -0.15) is 0 Å². The van der Waals surface area contributed by atoms with Crippen LogP contribution in [-0.2, 0) is 15.0 Å². The Bertz CT molecular complexity index is 907. The van der Waals surface area contributed by atoms with Crippen LogP contribution in [-0.4, -0.2) is 35.0 Å². The van der Waals surface area contributed by atoms with Crippen LogP contribution in [0, 0.1) is 17.6 Å². The maximum atomic E-state index is 14.0. The predicted molar refractivity (Wildman–Crippen MR) is 98.8 cm³/mol. The molecule has 2 aromatic rings. The largest absolute Gasteiger partial charge is 0.481 e. The highest BCUT2D eigenvalue weighted by molar-refractivity contribution is 5.85. The lowest BCUT2D eigenvalue weighted by atomic mass is 9.73. The Morgan fingerprint density at radius 3 is 2.36 bits per heavy atom. The van der Waals surface area contributed by atoms with Crippen LogP contribution in [0.1, 0.15) is 36.3 Å². The second-order valence-electron chi connectivity index (χ2n) is 7.69. The Kier molecular flexibility index (Phi) is 4.65. The minimum Gasteiger partial charge on any atom is -0.481 e. The molecule has 6 heteroatoms. The van der Waals surface area contributed by atoms with E-state index in [0.717, 1.165) is 23.8 Å². The van der Waals surface area contributed by atoms with Crippen LogP contribution in [0.5, 0.6) is 0 Å². The number of carbonyl (C=O) groups is 2. The van der Waals surface area contributed by atoms with Crippen molar-refractivity contribution in [2.75, 3.05) is 13.1 Å². The average molecular weight is 385 g/mol. The summed E-state index contributed by atoms with van der Waals surface area (Å²) in [7, 11) is 0. The lowest BCUT2D eigenvalue weighted by Crippen LogP contribution is -2.49. The van der Waals surface area contributed by atoms with Gasteiger partial charge >= 0.3 is 5.97 Å². The van der Waals surface area contributed by atoms with Crippen LogP contribution in [0.25, 0.3) is 0 Å². The van der Waals surface area contributed by atoms with Crippen molar-refractivity contribution in [3.8, 4) is 0 Å². The van der Waals surface area contributed by atoms with Crippen molar-refractivity contribution in [1.82, 2.24) is 4.90 Å². The number of carbonyl (C=O) groups excluding carboxylic acids is 1. The van der Waals surface area contributed by atoms with Gasteiger partial charge in [0.05, 0.1) is 5.41 Å². The average Bonchev–Trinajstić information content (AvgIpc) is 3.50. The van der Waals surface area contributed by atoms with E-state index in [1.807, 2.05) is 30.3 Å².